The lowest BCUT2D eigenvalue weighted by Gasteiger charge is -2.11. The van der Waals surface area contributed by atoms with Gasteiger partial charge >= 0.3 is 6.55 Å². The van der Waals surface area contributed by atoms with Crippen LogP contribution in [0.2, 0.25) is 0 Å². The summed E-state index contributed by atoms with van der Waals surface area (Å²) < 4.78 is 32.1. The number of aromatic nitrogens is 2. The largest absolute Gasteiger partial charge is 0.459 e. The molecule has 0 aliphatic rings. The molecule has 1 atom stereocenters. The number of nitrogens with one attached hydrogen (secondary N) is 1. The fourth-order valence-corrected chi connectivity index (χ4v) is 2.88. The van der Waals surface area contributed by atoms with E-state index in [1.54, 1.807) is 6.92 Å². The van der Waals surface area contributed by atoms with Crippen molar-refractivity contribution in [3.63, 3.8) is 0 Å². The standard InChI is InChI=1S/C18H19F2N3O2/c1-10-14(12(3)23(22-10)18(19)20)9-17(24)21-11(2)16-8-13-6-4-5-7-15(13)25-16/h4-8,11,18H,9H2,1-3H3,(H,21,24). The molecular weight excluding hydrogens is 328 g/mol. The minimum Gasteiger partial charge on any atom is -0.459 e. The van der Waals surface area contributed by atoms with Crippen molar-refractivity contribution in [3.8, 4) is 0 Å². The van der Waals surface area contributed by atoms with E-state index in [0.717, 1.165) is 11.0 Å². The Hall–Kier alpha value is -2.70. The van der Waals surface area contributed by atoms with E-state index in [0.29, 0.717) is 27.4 Å². The fraction of sp³-hybridized carbons (Fsp3) is 0.333. The third kappa shape index (κ3) is 3.40. The molecule has 25 heavy (non-hydrogen) atoms. The Bertz CT molecular complexity index is 881. The van der Waals surface area contributed by atoms with Gasteiger partial charge in [0, 0.05) is 16.6 Å². The SMILES string of the molecule is Cc1nn(C(F)F)c(C)c1CC(=O)NC(C)c1cc2ccccc2o1. The number of halogens is 2. The molecule has 7 heteroatoms. The Kier molecular flexibility index (Phi) is 4.57. The molecule has 0 saturated heterocycles. The molecule has 1 amide bonds. The quantitative estimate of drug-likeness (QED) is 0.757. The van der Waals surface area contributed by atoms with E-state index < -0.39 is 6.55 Å². The Morgan fingerprint density at radius 1 is 1.32 bits per heavy atom. The first kappa shape index (κ1) is 17.1. The van der Waals surface area contributed by atoms with Crippen LogP contribution in [0.1, 0.15) is 42.2 Å². The van der Waals surface area contributed by atoms with E-state index in [1.165, 1.54) is 6.92 Å². The number of hydrogen-bond acceptors (Lipinski definition) is 3. The number of furan rings is 1. The Balaban J connectivity index is 1.72. The molecule has 0 spiro atoms. The molecule has 0 radical (unpaired) electrons. The first-order valence-corrected chi connectivity index (χ1v) is 7.97. The van der Waals surface area contributed by atoms with Gasteiger partial charge in [0.25, 0.3) is 0 Å². The molecule has 1 N–H and O–H groups in total. The van der Waals surface area contributed by atoms with Gasteiger partial charge in [-0.05, 0) is 32.9 Å². The highest BCUT2D eigenvalue weighted by atomic mass is 19.3. The van der Waals surface area contributed by atoms with Crippen molar-refractivity contribution in [2.45, 2.75) is 39.8 Å². The summed E-state index contributed by atoms with van der Waals surface area (Å²) in [5, 5.41) is 7.60. The molecule has 3 aromatic rings. The average molecular weight is 347 g/mol. The maximum Gasteiger partial charge on any atom is 0.333 e. The summed E-state index contributed by atoms with van der Waals surface area (Å²) in [4.78, 5) is 12.3. The van der Waals surface area contributed by atoms with Crippen LogP contribution in [0, 0.1) is 13.8 Å². The van der Waals surface area contributed by atoms with Gasteiger partial charge in [-0.2, -0.15) is 13.9 Å². The smallest absolute Gasteiger partial charge is 0.333 e. The van der Waals surface area contributed by atoms with Crippen LogP contribution in [0.25, 0.3) is 11.0 Å². The van der Waals surface area contributed by atoms with Crippen LogP contribution in [0.15, 0.2) is 34.7 Å². The molecule has 0 aliphatic carbocycles. The van der Waals surface area contributed by atoms with Crippen LogP contribution in [0.3, 0.4) is 0 Å². The Labute approximate surface area is 143 Å². The molecule has 0 fully saturated rings. The monoisotopic (exact) mass is 347 g/mol. The molecule has 2 aromatic heterocycles. The molecule has 0 bridgehead atoms. The Morgan fingerprint density at radius 3 is 2.68 bits per heavy atom. The van der Waals surface area contributed by atoms with E-state index in [-0.39, 0.29) is 18.4 Å². The summed E-state index contributed by atoms with van der Waals surface area (Å²) >= 11 is 0. The normalized spacial score (nSPS) is 12.7. The highest BCUT2D eigenvalue weighted by Crippen LogP contribution is 2.24. The third-order valence-electron chi connectivity index (χ3n) is 4.25. The summed E-state index contributed by atoms with van der Waals surface area (Å²) in [6.45, 7) is 2.26. The predicted octanol–water partition coefficient (Wildman–Crippen LogP) is 4.06. The highest BCUT2D eigenvalue weighted by molar-refractivity contribution is 5.80. The molecule has 2 heterocycles. The number of nitrogens with zero attached hydrogens (tertiary/aromatic N) is 2. The number of fused-ring (bicyclic) bond motifs is 1. The van der Waals surface area contributed by atoms with Gasteiger partial charge in [0.2, 0.25) is 5.91 Å². The zero-order chi connectivity index (χ0) is 18.1. The Morgan fingerprint density at radius 2 is 2.04 bits per heavy atom. The van der Waals surface area contributed by atoms with Crippen LogP contribution < -0.4 is 5.32 Å². The maximum atomic E-state index is 12.9. The molecule has 0 saturated carbocycles. The average Bonchev–Trinajstić information content (AvgIpc) is 3.11. The van der Waals surface area contributed by atoms with Crippen LogP contribution in [-0.4, -0.2) is 15.7 Å². The summed E-state index contributed by atoms with van der Waals surface area (Å²) in [5.74, 6) is 0.374. The topological polar surface area (TPSA) is 60.1 Å². The van der Waals surface area contributed by atoms with Crippen LogP contribution in [0.5, 0.6) is 0 Å². The minimum atomic E-state index is -2.72. The first-order valence-electron chi connectivity index (χ1n) is 7.97. The first-order chi connectivity index (χ1) is 11.9. The van der Waals surface area contributed by atoms with Gasteiger partial charge in [-0.1, -0.05) is 18.2 Å². The van der Waals surface area contributed by atoms with Gasteiger partial charge in [0.1, 0.15) is 11.3 Å². The number of para-hydroxylation sites is 1. The highest BCUT2D eigenvalue weighted by Gasteiger charge is 2.21. The van der Waals surface area contributed by atoms with Gasteiger partial charge in [0.05, 0.1) is 18.2 Å². The number of carbonyl (C=O) groups is 1. The number of hydrogen-bond donors (Lipinski definition) is 1. The molecule has 0 aliphatic heterocycles. The second-order valence-electron chi connectivity index (χ2n) is 6.02. The maximum absolute atomic E-state index is 12.9. The van der Waals surface area contributed by atoms with E-state index in [2.05, 4.69) is 10.4 Å². The molecule has 3 rings (SSSR count). The zero-order valence-electron chi connectivity index (χ0n) is 14.2. The molecule has 1 unspecified atom stereocenters. The second kappa shape index (κ2) is 6.66. The van der Waals surface area contributed by atoms with Crippen molar-refractivity contribution in [1.29, 1.82) is 0 Å². The zero-order valence-corrected chi connectivity index (χ0v) is 14.2. The number of carbonyl (C=O) groups excluding carboxylic acids is 1. The van der Waals surface area contributed by atoms with Crippen molar-refractivity contribution in [2.24, 2.45) is 0 Å². The van der Waals surface area contributed by atoms with Crippen LogP contribution in [-0.2, 0) is 11.2 Å². The summed E-state index contributed by atoms with van der Waals surface area (Å²) in [6.07, 6.45) is -0.00500. The van der Waals surface area contributed by atoms with E-state index in [4.69, 9.17) is 4.42 Å². The van der Waals surface area contributed by atoms with Gasteiger partial charge in [-0.15, -0.1) is 0 Å². The van der Waals surface area contributed by atoms with E-state index in [9.17, 15) is 13.6 Å². The van der Waals surface area contributed by atoms with E-state index in [1.807, 2.05) is 37.3 Å². The van der Waals surface area contributed by atoms with Gasteiger partial charge < -0.3 is 9.73 Å². The lowest BCUT2D eigenvalue weighted by molar-refractivity contribution is -0.121. The lowest BCUT2D eigenvalue weighted by Crippen LogP contribution is -2.28. The molecular formula is C18H19F2N3O2. The lowest BCUT2D eigenvalue weighted by atomic mass is 10.1. The van der Waals surface area contributed by atoms with Crippen LogP contribution >= 0.6 is 0 Å². The van der Waals surface area contributed by atoms with Crippen molar-refractivity contribution in [1.82, 2.24) is 15.1 Å². The van der Waals surface area contributed by atoms with Crippen LogP contribution in [0.4, 0.5) is 8.78 Å². The van der Waals surface area contributed by atoms with Gasteiger partial charge in [-0.25, -0.2) is 4.68 Å². The second-order valence-corrected chi connectivity index (χ2v) is 6.02. The number of benzene rings is 1. The summed E-state index contributed by atoms with van der Waals surface area (Å²) in [5.41, 5.74) is 2.02. The van der Waals surface area contributed by atoms with E-state index >= 15 is 0 Å². The number of alkyl halides is 2. The van der Waals surface area contributed by atoms with Crippen molar-refractivity contribution < 1.29 is 18.0 Å². The fourth-order valence-electron chi connectivity index (χ4n) is 2.88. The number of aryl methyl sites for hydroxylation is 1. The summed E-state index contributed by atoms with van der Waals surface area (Å²) in [6, 6.07) is 9.14. The molecule has 1 aromatic carbocycles. The van der Waals surface area contributed by atoms with Crippen molar-refractivity contribution in [2.75, 3.05) is 0 Å². The third-order valence-corrected chi connectivity index (χ3v) is 4.25. The predicted molar refractivity (Wildman–Crippen MR) is 89.4 cm³/mol. The van der Waals surface area contributed by atoms with Crippen molar-refractivity contribution in [3.05, 3.63) is 53.0 Å². The van der Waals surface area contributed by atoms with Gasteiger partial charge in [-0.3, -0.25) is 4.79 Å². The number of amides is 1. The molecule has 132 valence electrons. The number of rotatable bonds is 5. The molecule has 5 nitrogen and oxygen atoms in total. The minimum absolute atomic E-state index is 0.00500. The van der Waals surface area contributed by atoms with Gasteiger partial charge in [0.15, 0.2) is 0 Å². The van der Waals surface area contributed by atoms with Crippen molar-refractivity contribution >= 4 is 16.9 Å². The summed E-state index contributed by atoms with van der Waals surface area (Å²) in [7, 11) is 0.